The lowest BCUT2D eigenvalue weighted by atomic mass is 10.1. The first-order valence-electron chi connectivity index (χ1n) is 8.46. The number of hydrogen-bond acceptors (Lipinski definition) is 3. The van der Waals surface area contributed by atoms with Crippen molar-refractivity contribution < 1.29 is 9.53 Å². The number of rotatable bonds is 3. The van der Waals surface area contributed by atoms with E-state index in [9.17, 15) is 4.79 Å². The average molecular weight is 339 g/mol. The van der Waals surface area contributed by atoms with Crippen LogP contribution in [0.15, 0.2) is 24.3 Å². The molecule has 3 rings (SSSR count). The molecule has 1 aliphatic heterocycles. The molecule has 23 heavy (non-hydrogen) atoms. The Labute approximate surface area is 145 Å². The van der Waals surface area contributed by atoms with Crippen LogP contribution in [0.2, 0.25) is 0 Å². The maximum atomic E-state index is 12.8. The molecule has 2 atom stereocenters. The minimum absolute atomic E-state index is 0. The van der Waals surface area contributed by atoms with Crippen LogP contribution in [0.1, 0.15) is 49.9 Å². The molecule has 0 radical (unpaired) electrons. The summed E-state index contributed by atoms with van der Waals surface area (Å²) in [6.45, 7) is 5.85. The first-order valence-corrected chi connectivity index (χ1v) is 8.46. The van der Waals surface area contributed by atoms with E-state index in [1.165, 1.54) is 12.8 Å². The molecule has 2 aliphatic rings. The molecule has 1 aromatic rings. The number of amides is 1. The molecule has 1 N–H and O–H groups in total. The van der Waals surface area contributed by atoms with Crippen molar-refractivity contribution in [1.29, 1.82) is 0 Å². The van der Waals surface area contributed by atoms with Gasteiger partial charge in [0, 0.05) is 30.7 Å². The van der Waals surface area contributed by atoms with Gasteiger partial charge in [0.15, 0.2) is 0 Å². The van der Waals surface area contributed by atoms with Gasteiger partial charge in [0.2, 0.25) is 0 Å². The molecule has 0 bridgehead atoms. The number of nitrogens with one attached hydrogen (secondary N) is 1. The fourth-order valence-electron chi connectivity index (χ4n) is 3.41. The Balaban J connectivity index is 0.00000192. The van der Waals surface area contributed by atoms with Crippen LogP contribution in [0.25, 0.3) is 0 Å². The van der Waals surface area contributed by atoms with E-state index in [0.29, 0.717) is 12.1 Å². The van der Waals surface area contributed by atoms with Gasteiger partial charge in [-0.15, -0.1) is 12.4 Å². The molecule has 1 amide bonds. The van der Waals surface area contributed by atoms with Gasteiger partial charge in [-0.2, -0.15) is 0 Å². The predicted octanol–water partition coefficient (Wildman–Crippen LogP) is 3.25. The average Bonchev–Trinajstić information content (AvgIpc) is 3.02. The Morgan fingerprint density at radius 2 is 2.00 bits per heavy atom. The minimum Gasteiger partial charge on any atom is -0.490 e. The van der Waals surface area contributed by atoms with Gasteiger partial charge in [-0.3, -0.25) is 4.79 Å². The summed E-state index contributed by atoms with van der Waals surface area (Å²) < 4.78 is 6.02. The van der Waals surface area contributed by atoms with Gasteiger partial charge in [0.1, 0.15) is 5.75 Å². The van der Waals surface area contributed by atoms with Crippen LogP contribution < -0.4 is 10.1 Å². The molecule has 2 unspecified atom stereocenters. The van der Waals surface area contributed by atoms with Crippen molar-refractivity contribution in [1.82, 2.24) is 10.2 Å². The zero-order valence-electron chi connectivity index (χ0n) is 14.0. The van der Waals surface area contributed by atoms with E-state index < -0.39 is 0 Å². The van der Waals surface area contributed by atoms with Crippen molar-refractivity contribution in [3.63, 3.8) is 0 Å². The summed E-state index contributed by atoms with van der Waals surface area (Å²) in [7, 11) is 0. The molecule has 1 saturated carbocycles. The van der Waals surface area contributed by atoms with Crippen molar-refractivity contribution in [2.24, 2.45) is 0 Å². The molecule has 1 saturated heterocycles. The third-order valence-electron chi connectivity index (χ3n) is 4.98. The van der Waals surface area contributed by atoms with Crippen molar-refractivity contribution in [2.75, 3.05) is 13.1 Å². The second kappa shape index (κ2) is 8.02. The van der Waals surface area contributed by atoms with Crippen molar-refractivity contribution in [3.8, 4) is 5.75 Å². The predicted molar refractivity (Wildman–Crippen MR) is 94.5 cm³/mol. The van der Waals surface area contributed by atoms with Crippen LogP contribution in [0, 0.1) is 0 Å². The van der Waals surface area contributed by atoms with Gasteiger partial charge in [0.25, 0.3) is 5.91 Å². The summed E-state index contributed by atoms with van der Waals surface area (Å²) in [5.41, 5.74) is 0.733. The van der Waals surface area contributed by atoms with E-state index in [0.717, 1.165) is 37.2 Å². The van der Waals surface area contributed by atoms with Crippen molar-refractivity contribution >= 4 is 18.3 Å². The number of carbonyl (C=O) groups is 1. The maximum Gasteiger partial charge on any atom is 0.254 e. The van der Waals surface area contributed by atoms with Gasteiger partial charge in [-0.25, -0.2) is 0 Å². The molecule has 4 nitrogen and oxygen atoms in total. The van der Waals surface area contributed by atoms with Gasteiger partial charge < -0.3 is 15.0 Å². The summed E-state index contributed by atoms with van der Waals surface area (Å²) in [6.07, 6.45) is 5.08. The highest BCUT2D eigenvalue weighted by atomic mass is 35.5. The second-order valence-electron chi connectivity index (χ2n) is 6.53. The first kappa shape index (κ1) is 18.1. The Morgan fingerprint density at radius 3 is 2.74 bits per heavy atom. The van der Waals surface area contributed by atoms with E-state index >= 15 is 0 Å². The van der Waals surface area contributed by atoms with E-state index in [1.807, 2.05) is 29.2 Å². The van der Waals surface area contributed by atoms with Crippen LogP contribution in [-0.4, -0.2) is 42.1 Å². The summed E-state index contributed by atoms with van der Waals surface area (Å²) >= 11 is 0. The summed E-state index contributed by atoms with van der Waals surface area (Å²) in [5, 5.41) is 3.41. The minimum atomic E-state index is 0. The number of ether oxygens (including phenoxy) is 1. The largest absolute Gasteiger partial charge is 0.490 e. The first-order chi connectivity index (χ1) is 10.6. The number of benzene rings is 1. The molecule has 1 aromatic carbocycles. The third-order valence-corrected chi connectivity index (χ3v) is 4.98. The van der Waals surface area contributed by atoms with Gasteiger partial charge >= 0.3 is 0 Å². The van der Waals surface area contributed by atoms with Crippen LogP contribution in [0.5, 0.6) is 5.75 Å². The Bertz CT molecular complexity index is 532. The third kappa shape index (κ3) is 4.18. The second-order valence-corrected chi connectivity index (χ2v) is 6.53. The van der Waals surface area contributed by atoms with Crippen molar-refractivity contribution in [2.45, 2.75) is 57.7 Å². The molecular weight excluding hydrogens is 312 g/mol. The molecule has 2 fully saturated rings. The van der Waals surface area contributed by atoms with Gasteiger partial charge in [-0.1, -0.05) is 6.07 Å². The topological polar surface area (TPSA) is 41.6 Å². The molecule has 5 heteroatoms. The standard InChI is InChI=1S/C18H26N2O2.ClH/c1-13-14(2)20(11-10-19-13)18(21)15-6-5-9-17(12-15)22-16-7-3-4-8-16;/h5-6,9,12-14,16,19H,3-4,7-8,10-11H2,1-2H3;1H. The van der Waals surface area contributed by atoms with Gasteiger partial charge in [0.05, 0.1) is 6.10 Å². The van der Waals surface area contributed by atoms with Crippen LogP contribution in [-0.2, 0) is 0 Å². The number of piperazine rings is 1. The quantitative estimate of drug-likeness (QED) is 0.919. The summed E-state index contributed by atoms with van der Waals surface area (Å²) in [4.78, 5) is 14.8. The molecule has 0 spiro atoms. The van der Waals surface area contributed by atoms with Crippen LogP contribution in [0.3, 0.4) is 0 Å². The van der Waals surface area contributed by atoms with E-state index in [4.69, 9.17) is 4.74 Å². The summed E-state index contributed by atoms with van der Waals surface area (Å²) in [5.74, 6) is 0.936. The Morgan fingerprint density at radius 1 is 1.26 bits per heavy atom. The smallest absolute Gasteiger partial charge is 0.254 e. The lowest BCUT2D eigenvalue weighted by molar-refractivity contribution is 0.0602. The Kier molecular flexibility index (Phi) is 6.31. The van der Waals surface area contributed by atoms with E-state index in [1.54, 1.807) is 0 Å². The highest BCUT2D eigenvalue weighted by molar-refractivity contribution is 5.95. The number of nitrogens with zero attached hydrogens (tertiary/aromatic N) is 1. The molecule has 1 aliphatic carbocycles. The highest BCUT2D eigenvalue weighted by Gasteiger charge is 2.29. The molecule has 0 aromatic heterocycles. The molecule has 1 heterocycles. The zero-order chi connectivity index (χ0) is 15.5. The number of carbonyl (C=O) groups excluding carboxylic acids is 1. The molecule has 128 valence electrons. The zero-order valence-corrected chi connectivity index (χ0v) is 14.8. The SMILES string of the molecule is CC1NCCN(C(=O)c2cccc(OC3CCCC3)c2)C1C.Cl. The fraction of sp³-hybridized carbons (Fsp3) is 0.611. The van der Waals surface area contributed by atoms with E-state index in [-0.39, 0.29) is 24.4 Å². The van der Waals surface area contributed by atoms with Crippen LogP contribution in [0.4, 0.5) is 0 Å². The Hall–Kier alpha value is -1.26. The fourth-order valence-corrected chi connectivity index (χ4v) is 3.41. The number of halogens is 1. The number of hydrogen-bond donors (Lipinski definition) is 1. The lowest BCUT2D eigenvalue weighted by Crippen LogP contribution is -2.57. The highest BCUT2D eigenvalue weighted by Crippen LogP contribution is 2.25. The molecular formula is C18H27ClN2O2. The van der Waals surface area contributed by atoms with Gasteiger partial charge in [-0.05, 0) is 57.7 Å². The van der Waals surface area contributed by atoms with Crippen LogP contribution >= 0.6 is 12.4 Å². The summed E-state index contributed by atoms with van der Waals surface area (Å²) in [6, 6.07) is 8.21. The lowest BCUT2D eigenvalue weighted by Gasteiger charge is -2.38. The maximum absolute atomic E-state index is 12.8. The van der Waals surface area contributed by atoms with Crippen molar-refractivity contribution in [3.05, 3.63) is 29.8 Å². The van der Waals surface area contributed by atoms with E-state index in [2.05, 4.69) is 19.2 Å². The normalized spacial score (nSPS) is 25.0. The monoisotopic (exact) mass is 338 g/mol.